The van der Waals surface area contributed by atoms with Gasteiger partial charge in [0.05, 0.1) is 7.11 Å². The van der Waals surface area contributed by atoms with Crippen LogP contribution in [0.2, 0.25) is 0 Å². The third-order valence-corrected chi connectivity index (χ3v) is 2.17. The highest BCUT2D eigenvalue weighted by molar-refractivity contribution is 5.61. The van der Waals surface area contributed by atoms with Gasteiger partial charge in [0.15, 0.2) is 12.2 Å². The van der Waals surface area contributed by atoms with Crippen molar-refractivity contribution in [3.63, 3.8) is 0 Å². The molecule has 0 bridgehead atoms. The van der Waals surface area contributed by atoms with Gasteiger partial charge in [-0.1, -0.05) is 12.1 Å². The van der Waals surface area contributed by atoms with Gasteiger partial charge in [-0.25, -0.2) is 4.98 Å². The summed E-state index contributed by atoms with van der Waals surface area (Å²) in [5.41, 5.74) is 7.23. The SMILES string of the molecule is COc1cccc(-c2ocnc2CN)c1. The van der Waals surface area contributed by atoms with Crippen molar-refractivity contribution in [3.05, 3.63) is 36.4 Å². The predicted molar refractivity (Wildman–Crippen MR) is 56.4 cm³/mol. The lowest BCUT2D eigenvalue weighted by molar-refractivity contribution is 0.415. The zero-order chi connectivity index (χ0) is 10.7. The fourth-order valence-electron chi connectivity index (χ4n) is 1.41. The van der Waals surface area contributed by atoms with Crippen molar-refractivity contribution in [1.29, 1.82) is 0 Å². The second-order valence-corrected chi connectivity index (χ2v) is 3.06. The highest BCUT2D eigenvalue weighted by Crippen LogP contribution is 2.26. The van der Waals surface area contributed by atoms with E-state index in [2.05, 4.69) is 4.98 Å². The summed E-state index contributed by atoms with van der Waals surface area (Å²) in [4.78, 5) is 4.03. The van der Waals surface area contributed by atoms with Gasteiger partial charge in [-0.15, -0.1) is 0 Å². The molecule has 0 fully saturated rings. The molecule has 0 amide bonds. The smallest absolute Gasteiger partial charge is 0.181 e. The van der Waals surface area contributed by atoms with Crippen LogP contribution >= 0.6 is 0 Å². The fraction of sp³-hybridized carbons (Fsp3) is 0.182. The average molecular weight is 204 g/mol. The van der Waals surface area contributed by atoms with Crippen LogP contribution in [-0.2, 0) is 6.54 Å². The molecule has 0 radical (unpaired) electrons. The van der Waals surface area contributed by atoms with Crippen LogP contribution in [0, 0.1) is 0 Å². The van der Waals surface area contributed by atoms with Gasteiger partial charge in [0.2, 0.25) is 0 Å². The molecule has 1 aromatic heterocycles. The Balaban J connectivity index is 2.44. The second kappa shape index (κ2) is 4.14. The van der Waals surface area contributed by atoms with Crippen molar-refractivity contribution in [1.82, 2.24) is 4.98 Å². The summed E-state index contributed by atoms with van der Waals surface area (Å²) >= 11 is 0. The number of rotatable bonds is 3. The summed E-state index contributed by atoms with van der Waals surface area (Å²) < 4.78 is 10.4. The third kappa shape index (κ3) is 1.85. The van der Waals surface area contributed by atoms with Crippen LogP contribution in [-0.4, -0.2) is 12.1 Å². The molecule has 0 unspecified atom stereocenters. The molecular formula is C11H12N2O2. The molecule has 0 spiro atoms. The van der Waals surface area contributed by atoms with Crippen molar-refractivity contribution >= 4 is 0 Å². The number of hydrogen-bond acceptors (Lipinski definition) is 4. The van der Waals surface area contributed by atoms with E-state index in [0.717, 1.165) is 17.0 Å². The van der Waals surface area contributed by atoms with Crippen LogP contribution in [0.25, 0.3) is 11.3 Å². The lowest BCUT2D eigenvalue weighted by Crippen LogP contribution is -1.98. The summed E-state index contributed by atoms with van der Waals surface area (Å²) in [5.74, 6) is 1.49. The number of oxazole rings is 1. The summed E-state index contributed by atoms with van der Waals surface area (Å²) in [5, 5.41) is 0. The van der Waals surface area contributed by atoms with Crippen molar-refractivity contribution < 1.29 is 9.15 Å². The van der Waals surface area contributed by atoms with E-state index in [4.69, 9.17) is 14.9 Å². The molecule has 0 aliphatic rings. The quantitative estimate of drug-likeness (QED) is 0.828. The van der Waals surface area contributed by atoms with E-state index in [1.807, 2.05) is 24.3 Å². The molecule has 78 valence electrons. The molecule has 0 saturated heterocycles. The van der Waals surface area contributed by atoms with Crippen LogP contribution in [0.3, 0.4) is 0 Å². The summed E-state index contributed by atoms with van der Waals surface area (Å²) in [6, 6.07) is 7.60. The topological polar surface area (TPSA) is 61.3 Å². The Morgan fingerprint density at radius 1 is 1.47 bits per heavy atom. The monoisotopic (exact) mass is 204 g/mol. The van der Waals surface area contributed by atoms with E-state index in [1.165, 1.54) is 6.39 Å². The Morgan fingerprint density at radius 3 is 3.07 bits per heavy atom. The number of nitrogens with zero attached hydrogens (tertiary/aromatic N) is 1. The summed E-state index contributed by atoms with van der Waals surface area (Å²) in [6.45, 7) is 0.364. The Labute approximate surface area is 87.7 Å². The molecule has 2 rings (SSSR count). The maximum Gasteiger partial charge on any atom is 0.181 e. The first-order valence-corrected chi connectivity index (χ1v) is 4.62. The highest BCUT2D eigenvalue weighted by atomic mass is 16.5. The molecule has 0 aliphatic carbocycles. The van der Waals surface area contributed by atoms with E-state index in [1.54, 1.807) is 7.11 Å². The normalized spacial score (nSPS) is 10.3. The van der Waals surface area contributed by atoms with Gasteiger partial charge < -0.3 is 14.9 Å². The minimum absolute atomic E-state index is 0.364. The zero-order valence-corrected chi connectivity index (χ0v) is 8.43. The molecule has 0 atom stereocenters. The number of benzene rings is 1. The van der Waals surface area contributed by atoms with Gasteiger partial charge in [0.25, 0.3) is 0 Å². The number of hydrogen-bond donors (Lipinski definition) is 1. The average Bonchev–Trinajstić information content (AvgIpc) is 2.77. The minimum atomic E-state index is 0.364. The lowest BCUT2D eigenvalue weighted by Gasteiger charge is -2.02. The molecule has 15 heavy (non-hydrogen) atoms. The number of methoxy groups -OCH3 is 1. The van der Waals surface area contributed by atoms with Crippen molar-refractivity contribution in [2.45, 2.75) is 6.54 Å². The van der Waals surface area contributed by atoms with E-state index >= 15 is 0 Å². The van der Waals surface area contributed by atoms with Crippen molar-refractivity contribution in [2.24, 2.45) is 5.73 Å². The van der Waals surface area contributed by atoms with E-state index in [9.17, 15) is 0 Å². The van der Waals surface area contributed by atoms with Crippen molar-refractivity contribution in [2.75, 3.05) is 7.11 Å². The van der Waals surface area contributed by atoms with E-state index < -0.39 is 0 Å². The van der Waals surface area contributed by atoms with Crippen LogP contribution < -0.4 is 10.5 Å². The van der Waals surface area contributed by atoms with Crippen molar-refractivity contribution in [3.8, 4) is 17.1 Å². The molecule has 4 heteroatoms. The third-order valence-electron chi connectivity index (χ3n) is 2.17. The van der Waals surface area contributed by atoms with Gasteiger partial charge in [-0.3, -0.25) is 0 Å². The standard InChI is InChI=1S/C11H12N2O2/c1-14-9-4-2-3-8(5-9)11-10(6-12)13-7-15-11/h2-5,7H,6,12H2,1H3. The van der Waals surface area contributed by atoms with Crippen LogP contribution in [0.1, 0.15) is 5.69 Å². The van der Waals surface area contributed by atoms with Gasteiger partial charge >= 0.3 is 0 Å². The predicted octanol–water partition coefficient (Wildman–Crippen LogP) is 1.81. The summed E-state index contributed by atoms with van der Waals surface area (Å²) in [7, 11) is 1.63. The first-order valence-electron chi connectivity index (χ1n) is 4.62. The van der Waals surface area contributed by atoms with E-state index in [-0.39, 0.29) is 0 Å². The number of aromatic nitrogens is 1. The Kier molecular flexibility index (Phi) is 2.69. The molecule has 4 nitrogen and oxygen atoms in total. The van der Waals surface area contributed by atoms with Gasteiger partial charge in [0, 0.05) is 12.1 Å². The first-order chi connectivity index (χ1) is 7.35. The minimum Gasteiger partial charge on any atom is -0.497 e. The number of nitrogens with two attached hydrogens (primary N) is 1. The lowest BCUT2D eigenvalue weighted by atomic mass is 10.1. The Hall–Kier alpha value is -1.81. The molecule has 1 aromatic carbocycles. The second-order valence-electron chi connectivity index (χ2n) is 3.06. The van der Waals surface area contributed by atoms with E-state index in [0.29, 0.717) is 12.3 Å². The van der Waals surface area contributed by atoms with Crippen LogP contribution in [0.4, 0.5) is 0 Å². The first kappa shape index (κ1) is 9.73. The summed E-state index contributed by atoms with van der Waals surface area (Å²) in [6.07, 6.45) is 1.40. The highest BCUT2D eigenvalue weighted by Gasteiger charge is 2.09. The molecular weight excluding hydrogens is 192 g/mol. The van der Waals surface area contributed by atoms with Crippen LogP contribution in [0.5, 0.6) is 5.75 Å². The van der Waals surface area contributed by atoms with Crippen LogP contribution in [0.15, 0.2) is 35.1 Å². The largest absolute Gasteiger partial charge is 0.497 e. The number of ether oxygens (including phenoxy) is 1. The molecule has 2 N–H and O–H groups in total. The molecule has 0 saturated carbocycles. The van der Waals surface area contributed by atoms with Gasteiger partial charge in [0.1, 0.15) is 11.4 Å². The van der Waals surface area contributed by atoms with Gasteiger partial charge in [-0.05, 0) is 12.1 Å². The molecule has 1 heterocycles. The molecule has 0 aliphatic heterocycles. The van der Waals surface area contributed by atoms with Gasteiger partial charge in [-0.2, -0.15) is 0 Å². The molecule has 2 aromatic rings. The Morgan fingerprint density at radius 2 is 2.33 bits per heavy atom. The fourth-order valence-corrected chi connectivity index (χ4v) is 1.41. The Bertz CT molecular complexity index is 451. The maximum absolute atomic E-state index is 5.55. The maximum atomic E-state index is 5.55. The zero-order valence-electron chi connectivity index (χ0n) is 8.43.